The fourth-order valence-corrected chi connectivity index (χ4v) is 6.38. The molecule has 3 heteroatoms. The molecule has 3 aliphatic carbocycles. The Morgan fingerprint density at radius 2 is 1.69 bits per heavy atom. The van der Waals surface area contributed by atoms with Gasteiger partial charge in [-0.1, -0.05) is 103 Å². The summed E-state index contributed by atoms with van der Waals surface area (Å²) in [5, 5.41) is 7.53. The predicted octanol–water partition coefficient (Wildman–Crippen LogP) is 7.90. The van der Waals surface area contributed by atoms with Crippen molar-refractivity contribution in [2.75, 3.05) is 0 Å². The van der Waals surface area contributed by atoms with Crippen molar-refractivity contribution in [3.8, 4) is 0 Å². The van der Waals surface area contributed by atoms with Gasteiger partial charge in [0.05, 0.1) is 5.54 Å². The number of hydrogen-bond donors (Lipinski definition) is 3. The number of rotatable bonds is 8. The Hall–Kier alpha value is -3.56. The van der Waals surface area contributed by atoms with Crippen molar-refractivity contribution >= 4 is 5.57 Å². The van der Waals surface area contributed by atoms with Crippen molar-refractivity contribution in [1.82, 2.24) is 10.6 Å². The Morgan fingerprint density at radius 1 is 0.949 bits per heavy atom. The molecular weight excluding hydrogens is 474 g/mol. The van der Waals surface area contributed by atoms with E-state index in [1.54, 1.807) is 0 Å². The first-order valence-electron chi connectivity index (χ1n) is 14.6. The fourth-order valence-electron chi connectivity index (χ4n) is 6.38. The van der Waals surface area contributed by atoms with Crippen LogP contribution in [-0.2, 0) is 0 Å². The van der Waals surface area contributed by atoms with E-state index in [1.165, 1.54) is 28.0 Å². The quantitative estimate of drug-likeness (QED) is 0.246. The van der Waals surface area contributed by atoms with Crippen molar-refractivity contribution in [2.45, 2.75) is 69.9 Å². The van der Waals surface area contributed by atoms with Gasteiger partial charge in [0.1, 0.15) is 0 Å². The largest absolute Gasteiger partial charge is 0.376 e. The molecule has 2 aromatic carbocycles. The standard InChI is InChI=1S/C36H43N3/c1-3-30(39-36(2)24-13-12-19-33(36)28-16-8-5-9-17-28)23-25-38-35-22-21-29(31-18-10-11-20-34(31)37)26-32(35)27-14-6-4-7-15-27/h3-10,13-18,23-26,31,33-34,38-39H,11-12,19-22,37H2,1-2H3/b25-23+,30-3+. The van der Waals surface area contributed by atoms with E-state index in [2.05, 4.69) is 134 Å². The van der Waals surface area contributed by atoms with Gasteiger partial charge in [-0.25, -0.2) is 0 Å². The minimum absolute atomic E-state index is 0.144. The molecule has 39 heavy (non-hydrogen) atoms. The van der Waals surface area contributed by atoms with Crippen LogP contribution in [0.4, 0.5) is 0 Å². The maximum Gasteiger partial charge on any atom is 0.0596 e. The normalized spacial score (nSPS) is 27.5. The third-order valence-electron chi connectivity index (χ3n) is 8.56. The SMILES string of the molecule is C/C=C(\C=C\NC1=C(c2ccccc2)C=C(C2C=CCCC2N)CC1)NC1(C)C=CCCC1c1ccccc1. The van der Waals surface area contributed by atoms with Crippen molar-refractivity contribution in [3.63, 3.8) is 0 Å². The van der Waals surface area contributed by atoms with Crippen molar-refractivity contribution in [1.29, 1.82) is 0 Å². The average molecular weight is 518 g/mol. The number of nitrogens with two attached hydrogens (primary N) is 1. The summed E-state index contributed by atoms with van der Waals surface area (Å²) in [6.45, 7) is 4.42. The Kier molecular flexibility index (Phi) is 8.68. The summed E-state index contributed by atoms with van der Waals surface area (Å²) >= 11 is 0. The zero-order valence-corrected chi connectivity index (χ0v) is 23.4. The number of benzene rings is 2. The molecule has 2 aromatic rings. The minimum atomic E-state index is -0.144. The molecule has 0 aliphatic heterocycles. The molecule has 3 aliphatic rings. The zero-order valence-electron chi connectivity index (χ0n) is 23.4. The van der Waals surface area contributed by atoms with Gasteiger partial charge in [-0.05, 0) is 69.6 Å². The first-order chi connectivity index (χ1) is 19.1. The second-order valence-corrected chi connectivity index (χ2v) is 11.2. The number of hydrogen-bond acceptors (Lipinski definition) is 3. The summed E-state index contributed by atoms with van der Waals surface area (Å²) in [5.41, 5.74) is 14.1. The lowest BCUT2D eigenvalue weighted by Crippen LogP contribution is -2.46. The molecular formula is C36H43N3. The summed E-state index contributed by atoms with van der Waals surface area (Å²) in [7, 11) is 0. The molecule has 0 amide bonds. The minimum Gasteiger partial charge on any atom is -0.376 e. The second-order valence-electron chi connectivity index (χ2n) is 11.2. The van der Waals surface area contributed by atoms with E-state index in [0.717, 1.165) is 44.2 Å². The molecule has 3 nitrogen and oxygen atoms in total. The third kappa shape index (κ3) is 6.37. The molecule has 0 heterocycles. The summed E-state index contributed by atoms with van der Waals surface area (Å²) < 4.78 is 0. The van der Waals surface area contributed by atoms with E-state index in [-0.39, 0.29) is 11.6 Å². The molecule has 0 saturated heterocycles. The summed E-state index contributed by atoms with van der Waals surface area (Å²) in [6.07, 6.45) is 24.5. The molecule has 4 N–H and O–H groups in total. The summed E-state index contributed by atoms with van der Waals surface area (Å²) in [6, 6.07) is 21.9. The average Bonchev–Trinajstić information content (AvgIpc) is 2.98. The Bertz CT molecular complexity index is 1300. The van der Waals surface area contributed by atoms with Gasteiger partial charge in [0.2, 0.25) is 0 Å². The summed E-state index contributed by atoms with van der Waals surface area (Å²) in [5.74, 6) is 0.768. The van der Waals surface area contributed by atoms with Gasteiger partial charge in [-0.3, -0.25) is 0 Å². The highest BCUT2D eigenvalue weighted by molar-refractivity contribution is 5.78. The van der Waals surface area contributed by atoms with Crippen LogP contribution < -0.4 is 16.4 Å². The Morgan fingerprint density at radius 3 is 2.44 bits per heavy atom. The molecule has 0 fully saturated rings. The molecule has 4 unspecified atom stereocenters. The molecule has 0 bridgehead atoms. The van der Waals surface area contributed by atoms with E-state index in [1.807, 2.05) is 0 Å². The van der Waals surface area contributed by atoms with E-state index >= 15 is 0 Å². The van der Waals surface area contributed by atoms with E-state index in [0.29, 0.717) is 11.8 Å². The topological polar surface area (TPSA) is 50.1 Å². The molecule has 0 aromatic heterocycles. The highest BCUT2D eigenvalue weighted by Gasteiger charge is 2.34. The molecule has 0 radical (unpaired) electrons. The maximum absolute atomic E-state index is 6.54. The monoisotopic (exact) mass is 517 g/mol. The Labute approximate surface area is 235 Å². The van der Waals surface area contributed by atoms with Crippen LogP contribution in [-0.4, -0.2) is 11.6 Å². The van der Waals surface area contributed by atoms with Gasteiger partial charge in [0.15, 0.2) is 0 Å². The smallest absolute Gasteiger partial charge is 0.0596 e. The van der Waals surface area contributed by atoms with Gasteiger partial charge >= 0.3 is 0 Å². The number of nitrogens with one attached hydrogen (secondary N) is 2. The molecule has 4 atom stereocenters. The van der Waals surface area contributed by atoms with Gasteiger partial charge < -0.3 is 16.4 Å². The molecule has 0 spiro atoms. The molecule has 0 saturated carbocycles. The van der Waals surface area contributed by atoms with E-state index in [9.17, 15) is 0 Å². The van der Waals surface area contributed by atoms with Crippen molar-refractivity contribution < 1.29 is 0 Å². The van der Waals surface area contributed by atoms with Crippen LogP contribution in [0.3, 0.4) is 0 Å². The first-order valence-corrected chi connectivity index (χ1v) is 14.6. The van der Waals surface area contributed by atoms with Crippen LogP contribution in [0.2, 0.25) is 0 Å². The fraction of sp³-hybridized carbons (Fsp3) is 0.333. The van der Waals surface area contributed by atoms with Crippen LogP contribution in [0.5, 0.6) is 0 Å². The van der Waals surface area contributed by atoms with Crippen molar-refractivity contribution in [2.24, 2.45) is 11.7 Å². The van der Waals surface area contributed by atoms with Crippen molar-refractivity contribution in [3.05, 3.63) is 137 Å². The van der Waals surface area contributed by atoms with Crippen LogP contribution in [0, 0.1) is 5.92 Å². The highest BCUT2D eigenvalue weighted by atomic mass is 15.0. The first kappa shape index (κ1) is 27.0. The van der Waals surface area contributed by atoms with Gasteiger partial charge in [0.25, 0.3) is 0 Å². The maximum atomic E-state index is 6.54. The van der Waals surface area contributed by atoms with Gasteiger partial charge in [-0.15, -0.1) is 0 Å². The van der Waals surface area contributed by atoms with Crippen LogP contribution in [0.1, 0.15) is 69.4 Å². The lowest BCUT2D eigenvalue weighted by atomic mass is 9.74. The zero-order chi connectivity index (χ0) is 27.1. The lowest BCUT2D eigenvalue weighted by molar-refractivity contribution is 0.362. The van der Waals surface area contributed by atoms with E-state index < -0.39 is 0 Å². The van der Waals surface area contributed by atoms with Crippen LogP contribution >= 0.6 is 0 Å². The molecule has 202 valence electrons. The van der Waals surface area contributed by atoms with Crippen LogP contribution in [0.15, 0.2) is 126 Å². The summed E-state index contributed by atoms with van der Waals surface area (Å²) in [4.78, 5) is 0. The number of allylic oxidation sites excluding steroid dienone is 7. The second kappa shape index (κ2) is 12.5. The van der Waals surface area contributed by atoms with Crippen LogP contribution in [0.25, 0.3) is 5.57 Å². The van der Waals surface area contributed by atoms with Gasteiger partial charge in [-0.2, -0.15) is 0 Å². The lowest BCUT2D eigenvalue weighted by Gasteiger charge is -2.40. The van der Waals surface area contributed by atoms with Gasteiger partial charge in [0, 0.05) is 41.0 Å². The Balaban J connectivity index is 1.36. The molecule has 5 rings (SSSR count). The van der Waals surface area contributed by atoms with E-state index in [4.69, 9.17) is 5.73 Å². The third-order valence-corrected chi connectivity index (χ3v) is 8.56. The highest BCUT2D eigenvalue weighted by Crippen LogP contribution is 2.38. The predicted molar refractivity (Wildman–Crippen MR) is 166 cm³/mol.